The van der Waals surface area contributed by atoms with E-state index in [1.54, 1.807) is 11.3 Å². The van der Waals surface area contributed by atoms with Crippen LogP contribution in [0.4, 0.5) is 0 Å². The highest BCUT2D eigenvalue weighted by atomic mass is 32.1. The molecule has 0 aliphatic carbocycles. The average Bonchev–Trinajstić information content (AvgIpc) is 3.65. The van der Waals surface area contributed by atoms with Gasteiger partial charge in [0.1, 0.15) is 0 Å². The molecule has 4 heteroatoms. The van der Waals surface area contributed by atoms with Crippen molar-refractivity contribution in [1.29, 1.82) is 0 Å². The van der Waals surface area contributed by atoms with Crippen LogP contribution in [0.2, 0.25) is 0 Å². The third-order valence-electron chi connectivity index (χ3n) is 10.2. The van der Waals surface area contributed by atoms with Crippen molar-refractivity contribution in [2.75, 3.05) is 0 Å². The third kappa shape index (κ3) is 6.29. The van der Waals surface area contributed by atoms with E-state index in [-0.39, 0.29) is 0 Å². The lowest BCUT2D eigenvalue weighted by atomic mass is 9.91. The number of hydrogen-bond donors (Lipinski definition) is 0. The van der Waals surface area contributed by atoms with Crippen LogP contribution in [0.5, 0.6) is 0 Å². The molecule has 0 radical (unpaired) electrons. The highest BCUT2D eigenvalue weighted by Crippen LogP contribution is 2.43. The van der Waals surface area contributed by atoms with Gasteiger partial charge in [-0.2, -0.15) is 0 Å². The molecule has 0 unspecified atom stereocenters. The number of hydrogen-bond acceptors (Lipinski definition) is 4. The van der Waals surface area contributed by atoms with Crippen LogP contribution in [-0.4, -0.2) is 15.0 Å². The molecule has 10 aromatic rings. The normalized spacial score (nSPS) is 11.3. The fourth-order valence-electron chi connectivity index (χ4n) is 7.47. The van der Waals surface area contributed by atoms with E-state index in [0.29, 0.717) is 17.5 Å². The molecule has 0 bridgehead atoms. The number of nitrogens with zero attached hydrogens (tertiary/aromatic N) is 3. The predicted molar refractivity (Wildman–Crippen MR) is 231 cm³/mol. The number of thiophene rings is 1. The highest BCUT2D eigenvalue weighted by molar-refractivity contribution is 7.26. The summed E-state index contributed by atoms with van der Waals surface area (Å²) in [5, 5.41) is 2.35. The maximum absolute atomic E-state index is 5.11. The Morgan fingerprint density at radius 2 is 0.709 bits per heavy atom. The van der Waals surface area contributed by atoms with Crippen molar-refractivity contribution < 1.29 is 0 Å². The monoisotopic (exact) mass is 719 g/mol. The van der Waals surface area contributed by atoms with E-state index < -0.39 is 0 Å². The van der Waals surface area contributed by atoms with Gasteiger partial charge >= 0.3 is 0 Å². The minimum absolute atomic E-state index is 0.657. The molecule has 258 valence electrons. The lowest BCUT2D eigenvalue weighted by molar-refractivity contribution is 1.08. The summed E-state index contributed by atoms with van der Waals surface area (Å²) in [4.78, 5) is 15.2. The number of rotatable bonds is 7. The molecule has 8 aromatic carbocycles. The topological polar surface area (TPSA) is 38.7 Å². The molecule has 55 heavy (non-hydrogen) atoms. The fourth-order valence-corrected chi connectivity index (χ4v) is 8.58. The minimum Gasteiger partial charge on any atom is -0.208 e. The van der Waals surface area contributed by atoms with Gasteiger partial charge in [-0.1, -0.05) is 170 Å². The van der Waals surface area contributed by atoms with Gasteiger partial charge in [0, 0.05) is 36.9 Å². The Morgan fingerprint density at radius 1 is 0.273 bits per heavy atom. The predicted octanol–water partition coefficient (Wildman–Crippen LogP) is 13.9. The summed E-state index contributed by atoms with van der Waals surface area (Å²) in [6.45, 7) is 0. The Morgan fingerprint density at radius 3 is 1.33 bits per heavy atom. The maximum Gasteiger partial charge on any atom is 0.164 e. The van der Waals surface area contributed by atoms with E-state index in [1.165, 1.54) is 59.3 Å². The standard InChI is InChI=1S/C51H33N3S/c1-4-15-34(16-5-1)37-21-12-22-38(31-37)39-23-13-24-40(32-39)42-25-10-11-26-43(42)41-29-30-46-45(33-41)48-44(27-14-28-47(48)55-46)51-53-49(35-17-6-2-7-18-35)52-50(54-51)36-19-8-3-9-20-36/h1-33H. The highest BCUT2D eigenvalue weighted by Gasteiger charge is 2.18. The first-order valence-electron chi connectivity index (χ1n) is 18.4. The first-order valence-corrected chi connectivity index (χ1v) is 19.3. The smallest absolute Gasteiger partial charge is 0.164 e. The molecule has 2 heterocycles. The first-order chi connectivity index (χ1) is 27.2. The molecular weight excluding hydrogens is 687 g/mol. The first kappa shape index (κ1) is 32.6. The zero-order valence-electron chi connectivity index (χ0n) is 29.8. The van der Waals surface area contributed by atoms with Crippen LogP contribution in [0, 0.1) is 0 Å². The van der Waals surface area contributed by atoms with Crippen molar-refractivity contribution in [3.63, 3.8) is 0 Å². The van der Waals surface area contributed by atoms with Crippen molar-refractivity contribution in [1.82, 2.24) is 15.0 Å². The molecule has 0 saturated carbocycles. The Bertz CT molecular complexity index is 2910. The van der Waals surface area contributed by atoms with Gasteiger partial charge in [-0.25, -0.2) is 15.0 Å². The van der Waals surface area contributed by atoms with Gasteiger partial charge < -0.3 is 0 Å². The molecule has 10 rings (SSSR count). The van der Waals surface area contributed by atoms with Gasteiger partial charge in [-0.05, 0) is 74.8 Å². The van der Waals surface area contributed by atoms with E-state index >= 15 is 0 Å². The Balaban J connectivity index is 1.09. The van der Waals surface area contributed by atoms with Gasteiger partial charge in [-0.15, -0.1) is 11.3 Å². The molecule has 0 aliphatic rings. The molecule has 2 aromatic heterocycles. The Hall–Kier alpha value is -7.01. The second-order valence-electron chi connectivity index (χ2n) is 13.6. The number of aromatic nitrogens is 3. The lowest BCUT2D eigenvalue weighted by Crippen LogP contribution is -2.00. The molecule has 0 N–H and O–H groups in total. The van der Waals surface area contributed by atoms with E-state index in [2.05, 4.69) is 164 Å². The van der Waals surface area contributed by atoms with Crippen molar-refractivity contribution in [3.05, 3.63) is 200 Å². The Labute approximate surface area is 323 Å². The van der Waals surface area contributed by atoms with Gasteiger partial charge in [-0.3, -0.25) is 0 Å². The SMILES string of the molecule is c1ccc(-c2cccc(-c3cccc(-c4ccccc4-c4ccc5sc6cccc(-c7nc(-c8ccccc8)nc(-c8ccccc8)n7)c6c5c4)c3)c2)cc1. The molecule has 0 atom stereocenters. The summed E-state index contributed by atoms with van der Waals surface area (Å²) in [7, 11) is 0. The summed E-state index contributed by atoms with van der Waals surface area (Å²) >= 11 is 1.80. The van der Waals surface area contributed by atoms with Crippen LogP contribution in [0.1, 0.15) is 0 Å². The van der Waals surface area contributed by atoms with Crippen molar-refractivity contribution in [2.45, 2.75) is 0 Å². The zero-order chi connectivity index (χ0) is 36.6. The molecule has 0 amide bonds. The van der Waals surface area contributed by atoms with Crippen LogP contribution in [0.25, 0.3) is 98.8 Å². The number of fused-ring (bicyclic) bond motifs is 3. The molecule has 0 fully saturated rings. The zero-order valence-corrected chi connectivity index (χ0v) is 30.6. The largest absolute Gasteiger partial charge is 0.208 e. The summed E-state index contributed by atoms with van der Waals surface area (Å²) in [5.41, 5.74) is 12.5. The summed E-state index contributed by atoms with van der Waals surface area (Å²) in [6, 6.07) is 70.7. The van der Waals surface area contributed by atoms with Crippen LogP contribution >= 0.6 is 11.3 Å². The minimum atomic E-state index is 0.657. The second kappa shape index (κ2) is 14.1. The molecular formula is C51H33N3S. The second-order valence-corrected chi connectivity index (χ2v) is 14.7. The van der Waals surface area contributed by atoms with Gasteiger partial charge in [0.2, 0.25) is 0 Å². The summed E-state index contributed by atoms with van der Waals surface area (Å²) in [6.07, 6.45) is 0. The van der Waals surface area contributed by atoms with E-state index in [1.807, 2.05) is 36.4 Å². The maximum atomic E-state index is 5.11. The van der Waals surface area contributed by atoms with Gasteiger partial charge in [0.15, 0.2) is 17.5 Å². The molecule has 3 nitrogen and oxygen atoms in total. The van der Waals surface area contributed by atoms with Crippen LogP contribution in [0.15, 0.2) is 200 Å². The van der Waals surface area contributed by atoms with Crippen molar-refractivity contribution in [3.8, 4) is 78.7 Å². The quantitative estimate of drug-likeness (QED) is 0.165. The lowest BCUT2D eigenvalue weighted by Gasteiger charge is -2.13. The van der Waals surface area contributed by atoms with E-state index in [4.69, 9.17) is 15.0 Å². The van der Waals surface area contributed by atoms with Crippen LogP contribution < -0.4 is 0 Å². The molecule has 0 aliphatic heterocycles. The fraction of sp³-hybridized carbons (Fsp3) is 0. The Kier molecular flexibility index (Phi) is 8.36. The molecule has 0 spiro atoms. The summed E-state index contributed by atoms with van der Waals surface area (Å²) < 4.78 is 2.43. The van der Waals surface area contributed by atoms with Gasteiger partial charge in [0.05, 0.1) is 0 Å². The molecule has 0 saturated heterocycles. The van der Waals surface area contributed by atoms with Crippen LogP contribution in [0.3, 0.4) is 0 Å². The van der Waals surface area contributed by atoms with Crippen molar-refractivity contribution in [2.24, 2.45) is 0 Å². The summed E-state index contributed by atoms with van der Waals surface area (Å²) in [5.74, 6) is 1.98. The van der Waals surface area contributed by atoms with Crippen LogP contribution in [-0.2, 0) is 0 Å². The van der Waals surface area contributed by atoms with E-state index in [9.17, 15) is 0 Å². The third-order valence-corrected chi connectivity index (χ3v) is 11.3. The average molecular weight is 720 g/mol. The van der Waals surface area contributed by atoms with Gasteiger partial charge in [0.25, 0.3) is 0 Å². The van der Waals surface area contributed by atoms with Crippen molar-refractivity contribution >= 4 is 31.5 Å². The number of benzene rings is 8. The van der Waals surface area contributed by atoms with E-state index in [0.717, 1.165) is 22.1 Å².